The Kier molecular flexibility index (Phi) is 6.34. The molecule has 170 valence electrons. The van der Waals surface area contributed by atoms with Gasteiger partial charge in [-0.15, -0.1) is 11.3 Å². The monoisotopic (exact) mass is 480 g/mol. The van der Waals surface area contributed by atoms with E-state index in [1.807, 2.05) is 22.4 Å². The smallest absolute Gasteiger partial charge is 0.185 e. The van der Waals surface area contributed by atoms with Gasteiger partial charge in [0.05, 0.1) is 25.2 Å². The topological polar surface area (TPSA) is 68.7 Å². The van der Waals surface area contributed by atoms with Crippen LogP contribution >= 0.6 is 11.3 Å². The van der Waals surface area contributed by atoms with Crippen molar-refractivity contribution in [2.45, 2.75) is 23.0 Å². The van der Waals surface area contributed by atoms with E-state index >= 15 is 0 Å². The first kappa shape index (κ1) is 22.5. The first-order valence-electron chi connectivity index (χ1n) is 9.94. The molecule has 1 saturated heterocycles. The van der Waals surface area contributed by atoms with E-state index in [9.17, 15) is 17.2 Å². The number of hydrogen-bond donors (Lipinski definition) is 0. The van der Waals surface area contributed by atoms with Crippen molar-refractivity contribution in [3.63, 3.8) is 0 Å². The molecule has 0 radical (unpaired) electrons. The van der Waals surface area contributed by atoms with E-state index in [0.717, 1.165) is 28.5 Å². The molecular formula is C22H22F2N2O4S2. The maximum atomic E-state index is 14.1. The van der Waals surface area contributed by atoms with Crippen LogP contribution in [0.2, 0.25) is 0 Å². The first-order chi connectivity index (χ1) is 15.3. The van der Waals surface area contributed by atoms with Crippen LogP contribution in [-0.2, 0) is 9.84 Å². The van der Waals surface area contributed by atoms with E-state index in [1.54, 1.807) is 20.3 Å². The Balaban J connectivity index is 1.48. The number of sulfone groups is 1. The minimum absolute atomic E-state index is 0.334. The van der Waals surface area contributed by atoms with Crippen molar-refractivity contribution in [2.24, 2.45) is 0 Å². The Bertz CT molecular complexity index is 1200. The summed E-state index contributed by atoms with van der Waals surface area (Å²) in [7, 11) is -0.713. The Hall–Kier alpha value is -2.72. The molecule has 1 aliphatic rings. The zero-order valence-electron chi connectivity index (χ0n) is 17.5. The summed E-state index contributed by atoms with van der Waals surface area (Å²) in [6.07, 6.45) is 0.669. The van der Waals surface area contributed by atoms with Crippen molar-refractivity contribution in [3.05, 3.63) is 53.4 Å². The lowest BCUT2D eigenvalue weighted by molar-refractivity contribution is 0.394. The molecule has 0 atom stereocenters. The van der Waals surface area contributed by atoms with Crippen LogP contribution in [0.15, 0.2) is 46.7 Å². The number of thiazole rings is 1. The molecule has 6 nitrogen and oxygen atoms in total. The van der Waals surface area contributed by atoms with E-state index in [2.05, 4.69) is 0 Å². The van der Waals surface area contributed by atoms with Crippen LogP contribution in [-0.4, -0.2) is 46.0 Å². The number of anilines is 1. The van der Waals surface area contributed by atoms with Gasteiger partial charge in [-0.1, -0.05) is 0 Å². The van der Waals surface area contributed by atoms with Crippen LogP contribution in [0.4, 0.5) is 13.9 Å². The molecule has 0 unspecified atom stereocenters. The molecule has 1 fully saturated rings. The van der Waals surface area contributed by atoms with Crippen molar-refractivity contribution in [1.29, 1.82) is 0 Å². The second-order valence-electron chi connectivity index (χ2n) is 7.42. The van der Waals surface area contributed by atoms with Gasteiger partial charge in [0, 0.05) is 36.2 Å². The van der Waals surface area contributed by atoms with Crippen LogP contribution in [0.5, 0.6) is 11.5 Å². The third-order valence-electron chi connectivity index (χ3n) is 5.49. The summed E-state index contributed by atoms with van der Waals surface area (Å²) in [5, 5.41) is 1.99. The van der Waals surface area contributed by atoms with Crippen LogP contribution in [0.25, 0.3) is 11.3 Å². The van der Waals surface area contributed by atoms with Gasteiger partial charge in [-0.2, -0.15) is 0 Å². The molecule has 1 aromatic heterocycles. The number of rotatable bonds is 6. The van der Waals surface area contributed by atoms with Gasteiger partial charge >= 0.3 is 0 Å². The summed E-state index contributed by atoms with van der Waals surface area (Å²) >= 11 is 1.47. The first-order valence-corrected chi connectivity index (χ1v) is 12.4. The van der Waals surface area contributed by atoms with E-state index in [4.69, 9.17) is 14.5 Å². The van der Waals surface area contributed by atoms with Crippen LogP contribution in [0.3, 0.4) is 0 Å². The van der Waals surface area contributed by atoms with Crippen LogP contribution < -0.4 is 14.4 Å². The van der Waals surface area contributed by atoms with Crippen LogP contribution in [0, 0.1) is 11.6 Å². The maximum Gasteiger partial charge on any atom is 0.185 e. The molecule has 0 bridgehead atoms. The highest BCUT2D eigenvalue weighted by Gasteiger charge is 2.34. The fourth-order valence-electron chi connectivity index (χ4n) is 3.74. The molecule has 1 aliphatic heterocycles. The Morgan fingerprint density at radius 3 is 2.28 bits per heavy atom. The standard InChI is InChI=1S/C22H22F2N2O4S2/c1-29-16-9-14(10-17(12-16)30-2)20-13-31-22(25-20)26-7-5-18(6-8-26)32(27,28)21-4-3-15(23)11-19(21)24/h3-4,9-13,18H,5-8H2,1-2H3. The number of ether oxygens (including phenoxy) is 2. The normalized spacial score (nSPS) is 15.1. The van der Waals surface area contributed by atoms with Crippen molar-refractivity contribution in [1.82, 2.24) is 4.98 Å². The van der Waals surface area contributed by atoms with Crippen molar-refractivity contribution in [2.75, 3.05) is 32.2 Å². The molecule has 10 heteroatoms. The lowest BCUT2D eigenvalue weighted by Gasteiger charge is -2.31. The van der Waals surface area contributed by atoms with Gasteiger partial charge in [-0.3, -0.25) is 0 Å². The predicted molar refractivity (Wildman–Crippen MR) is 119 cm³/mol. The highest BCUT2D eigenvalue weighted by atomic mass is 32.2. The predicted octanol–water partition coefficient (Wildman–Crippen LogP) is 4.55. The molecule has 0 spiro atoms. The quantitative estimate of drug-likeness (QED) is 0.482. The molecule has 0 aliphatic carbocycles. The molecule has 3 aromatic rings. The van der Waals surface area contributed by atoms with Gasteiger partial charge in [0.1, 0.15) is 28.0 Å². The third-order valence-corrected chi connectivity index (χ3v) is 8.69. The summed E-state index contributed by atoms with van der Waals surface area (Å²) in [5.41, 5.74) is 1.62. The number of halogens is 2. The Labute approximate surface area is 189 Å². The maximum absolute atomic E-state index is 14.1. The number of aromatic nitrogens is 1. The lowest BCUT2D eigenvalue weighted by atomic mass is 10.1. The molecule has 4 rings (SSSR count). The average Bonchev–Trinajstić information content (AvgIpc) is 3.29. The zero-order chi connectivity index (χ0) is 22.9. The van der Waals surface area contributed by atoms with Crippen LogP contribution in [0.1, 0.15) is 12.8 Å². The molecule has 0 N–H and O–H groups in total. The summed E-state index contributed by atoms with van der Waals surface area (Å²) < 4.78 is 63.6. The van der Waals surface area contributed by atoms with Gasteiger partial charge in [-0.05, 0) is 37.1 Å². The second-order valence-corrected chi connectivity index (χ2v) is 10.5. The minimum atomic E-state index is -3.88. The van der Waals surface area contributed by atoms with Gasteiger partial charge < -0.3 is 14.4 Å². The highest BCUT2D eigenvalue weighted by molar-refractivity contribution is 7.92. The number of hydrogen-bond acceptors (Lipinski definition) is 7. The molecule has 0 saturated carbocycles. The van der Waals surface area contributed by atoms with Gasteiger partial charge in [-0.25, -0.2) is 22.2 Å². The Morgan fingerprint density at radius 1 is 1.03 bits per heavy atom. The van der Waals surface area contributed by atoms with E-state index in [0.29, 0.717) is 43.5 Å². The number of benzene rings is 2. The minimum Gasteiger partial charge on any atom is -0.497 e. The molecule has 2 heterocycles. The summed E-state index contributed by atoms with van der Waals surface area (Å²) in [4.78, 5) is 6.29. The molecule has 0 amide bonds. The fourth-order valence-corrected chi connectivity index (χ4v) is 6.41. The molecular weight excluding hydrogens is 458 g/mol. The number of nitrogens with zero attached hydrogens (tertiary/aromatic N) is 2. The third kappa shape index (κ3) is 4.42. The summed E-state index contributed by atoms with van der Waals surface area (Å²) in [6.45, 7) is 0.947. The van der Waals surface area contributed by atoms with E-state index < -0.39 is 31.6 Å². The van der Waals surface area contributed by atoms with Gasteiger partial charge in [0.25, 0.3) is 0 Å². The van der Waals surface area contributed by atoms with Gasteiger partial charge in [0.2, 0.25) is 0 Å². The van der Waals surface area contributed by atoms with E-state index in [1.165, 1.54) is 11.3 Å². The van der Waals surface area contributed by atoms with Crippen molar-refractivity contribution < 1.29 is 26.7 Å². The molecule has 2 aromatic carbocycles. The second kappa shape index (κ2) is 9.03. The fraction of sp³-hybridized carbons (Fsp3) is 0.318. The number of methoxy groups -OCH3 is 2. The van der Waals surface area contributed by atoms with Gasteiger partial charge in [0.15, 0.2) is 15.0 Å². The summed E-state index contributed by atoms with van der Waals surface area (Å²) in [5.74, 6) is -0.531. The highest BCUT2D eigenvalue weighted by Crippen LogP contribution is 2.35. The largest absolute Gasteiger partial charge is 0.497 e. The molecule has 32 heavy (non-hydrogen) atoms. The van der Waals surface area contributed by atoms with Crippen molar-refractivity contribution >= 4 is 26.3 Å². The average molecular weight is 481 g/mol. The summed E-state index contributed by atoms with van der Waals surface area (Å²) in [6, 6.07) is 8.10. The van der Waals surface area contributed by atoms with Crippen molar-refractivity contribution in [3.8, 4) is 22.8 Å². The Morgan fingerprint density at radius 2 is 1.69 bits per heavy atom. The van der Waals surface area contributed by atoms with E-state index in [-0.39, 0.29) is 0 Å². The lowest BCUT2D eigenvalue weighted by Crippen LogP contribution is -2.39. The number of piperidine rings is 1. The SMILES string of the molecule is COc1cc(OC)cc(-c2csc(N3CCC(S(=O)(=O)c4ccc(F)cc4F)CC3)n2)c1. The zero-order valence-corrected chi connectivity index (χ0v) is 19.2.